The molecule has 0 radical (unpaired) electrons. The average Bonchev–Trinajstić information content (AvgIpc) is 3.87. The van der Waals surface area contributed by atoms with Crippen LogP contribution in [-0.2, 0) is 5.41 Å². The molecule has 0 heterocycles. The minimum atomic E-state index is -0.433. The summed E-state index contributed by atoms with van der Waals surface area (Å²) in [6, 6.07) is 97.8. The summed E-state index contributed by atoms with van der Waals surface area (Å²) >= 11 is 0. The number of benzene rings is 11. The van der Waals surface area contributed by atoms with E-state index in [1.165, 1.54) is 66.4 Å². The van der Waals surface area contributed by atoms with E-state index in [9.17, 15) is 0 Å². The van der Waals surface area contributed by atoms with Crippen LogP contribution < -0.4 is 9.80 Å². The van der Waals surface area contributed by atoms with Crippen LogP contribution in [0.25, 0.3) is 55.3 Å². The fourth-order valence-corrected chi connectivity index (χ4v) is 11.1. The topological polar surface area (TPSA) is 6.48 Å². The number of anilines is 6. The number of para-hydroxylation sites is 1. The van der Waals surface area contributed by atoms with Gasteiger partial charge in [0.1, 0.15) is 0 Å². The summed E-state index contributed by atoms with van der Waals surface area (Å²) in [5.41, 5.74) is 21.5. The molecule has 0 bridgehead atoms. The van der Waals surface area contributed by atoms with E-state index in [-0.39, 0.29) is 0 Å². The molecule has 0 N–H and O–H groups in total. The van der Waals surface area contributed by atoms with Crippen LogP contribution in [0.5, 0.6) is 0 Å². The number of hydrogen-bond acceptors (Lipinski definition) is 2. The molecule has 0 aromatic heterocycles. The van der Waals surface area contributed by atoms with Gasteiger partial charge in [0.15, 0.2) is 0 Å². The molecule has 1 spiro atoms. The van der Waals surface area contributed by atoms with E-state index in [0.29, 0.717) is 0 Å². The molecule has 0 aliphatic heterocycles. The summed E-state index contributed by atoms with van der Waals surface area (Å²) in [5.74, 6) is 0. The SMILES string of the molecule is c1ccc(-c2ccc(N(c3ccc(-c4ccc(N(c5ccccc5)c5cccc6ccccc56)cc4)cc3)c3ccc4c(c3)C3(c5ccccc5-c5ccccc53)c3ccccc3-4)cc2)cc1. The molecule has 11 aromatic carbocycles. The standard InChI is InChI=1S/C65H44N2/c1-3-16-45(17-4-1)46-30-36-51(37-31-46)66(54-42-43-59-58-25-11-14-28-62(58)65(63(59)44-54)60-26-12-9-23-56(60)57-24-10-13-27-61(57)65)52-38-32-47(33-39-52)48-34-40-53(41-35-48)67(50-20-5-2-6-21-50)64-29-15-19-49-18-7-8-22-55(49)64/h1-44H. The van der Waals surface area contributed by atoms with Gasteiger partial charge in [-0.1, -0.05) is 200 Å². The molecule has 67 heavy (non-hydrogen) atoms. The lowest BCUT2D eigenvalue weighted by molar-refractivity contribution is 0.793. The lowest BCUT2D eigenvalue weighted by atomic mass is 9.70. The van der Waals surface area contributed by atoms with E-state index in [0.717, 1.165) is 45.3 Å². The maximum atomic E-state index is 2.47. The third kappa shape index (κ3) is 6.18. The summed E-state index contributed by atoms with van der Waals surface area (Å²) in [4.78, 5) is 4.78. The Morgan fingerprint density at radius 3 is 1.18 bits per heavy atom. The summed E-state index contributed by atoms with van der Waals surface area (Å²) < 4.78 is 0. The molecule has 0 unspecified atom stereocenters. The maximum Gasteiger partial charge on any atom is 0.0726 e. The molecule has 0 saturated heterocycles. The monoisotopic (exact) mass is 852 g/mol. The summed E-state index contributed by atoms with van der Waals surface area (Å²) in [7, 11) is 0. The Morgan fingerprint density at radius 2 is 0.627 bits per heavy atom. The van der Waals surface area contributed by atoms with Crippen molar-refractivity contribution in [2.45, 2.75) is 5.41 Å². The highest BCUT2D eigenvalue weighted by atomic mass is 15.1. The van der Waals surface area contributed by atoms with Gasteiger partial charge >= 0.3 is 0 Å². The zero-order valence-corrected chi connectivity index (χ0v) is 36.8. The van der Waals surface area contributed by atoms with Crippen LogP contribution in [0, 0.1) is 0 Å². The Bertz CT molecular complexity index is 3540. The largest absolute Gasteiger partial charge is 0.310 e. The summed E-state index contributed by atoms with van der Waals surface area (Å²) in [5, 5.41) is 2.44. The lowest BCUT2D eigenvalue weighted by Gasteiger charge is -2.32. The summed E-state index contributed by atoms with van der Waals surface area (Å²) in [6.45, 7) is 0. The smallest absolute Gasteiger partial charge is 0.0726 e. The average molecular weight is 853 g/mol. The Morgan fingerprint density at radius 1 is 0.239 bits per heavy atom. The van der Waals surface area contributed by atoms with Crippen LogP contribution in [0.1, 0.15) is 22.3 Å². The molecular weight excluding hydrogens is 809 g/mol. The van der Waals surface area contributed by atoms with Crippen molar-refractivity contribution in [3.05, 3.63) is 289 Å². The first-order valence-electron chi connectivity index (χ1n) is 23.2. The van der Waals surface area contributed by atoms with Gasteiger partial charge in [-0.3, -0.25) is 0 Å². The van der Waals surface area contributed by atoms with Crippen LogP contribution in [-0.4, -0.2) is 0 Å². The molecule has 0 saturated carbocycles. The van der Waals surface area contributed by atoms with Crippen molar-refractivity contribution in [2.24, 2.45) is 0 Å². The van der Waals surface area contributed by atoms with Crippen molar-refractivity contribution < 1.29 is 0 Å². The molecule has 2 aliphatic carbocycles. The van der Waals surface area contributed by atoms with E-state index < -0.39 is 5.41 Å². The number of rotatable bonds is 8. The highest BCUT2D eigenvalue weighted by Crippen LogP contribution is 2.63. The second-order valence-corrected chi connectivity index (χ2v) is 17.6. The van der Waals surface area contributed by atoms with Crippen LogP contribution in [0.3, 0.4) is 0 Å². The van der Waals surface area contributed by atoms with E-state index in [1.807, 2.05) is 0 Å². The first-order chi connectivity index (χ1) is 33.2. The molecule has 0 fully saturated rings. The zero-order valence-electron chi connectivity index (χ0n) is 36.8. The fourth-order valence-electron chi connectivity index (χ4n) is 11.1. The van der Waals surface area contributed by atoms with E-state index in [4.69, 9.17) is 0 Å². The van der Waals surface area contributed by atoms with Gasteiger partial charge in [0.05, 0.1) is 11.1 Å². The molecule has 11 aromatic rings. The Kier molecular flexibility index (Phi) is 9.11. The quantitative estimate of drug-likeness (QED) is 0.150. The van der Waals surface area contributed by atoms with Gasteiger partial charge in [-0.15, -0.1) is 0 Å². The van der Waals surface area contributed by atoms with Gasteiger partial charge in [0.2, 0.25) is 0 Å². The Labute approximate surface area is 391 Å². The second-order valence-electron chi connectivity index (χ2n) is 17.6. The first kappa shape index (κ1) is 38.7. The first-order valence-corrected chi connectivity index (χ1v) is 23.2. The minimum Gasteiger partial charge on any atom is -0.310 e. The van der Waals surface area contributed by atoms with Crippen molar-refractivity contribution in [1.82, 2.24) is 0 Å². The van der Waals surface area contributed by atoms with E-state index in [1.54, 1.807) is 0 Å². The van der Waals surface area contributed by atoms with Crippen molar-refractivity contribution >= 4 is 44.9 Å². The summed E-state index contributed by atoms with van der Waals surface area (Å²) in [6.07, 6.45) is 0. The molecule has 0 atom stereocenters. The van der Waals surface area contributed by atoms with Crippen molar-refractivity contribution in [2.75, 3.05) is 9.80 Å². The van der Waals surface area contributed by atoms with Crippen molar-refractivity contribution in [3.63, 3.8) is 0 Å². The van der Waals surface area contributed by atoms with Gasteiger partial charge in [-0.05, 0) is 139 Å². The normalized spacial score (nSPS) is 12.6. The molecular formula is C65H44N2. The van der Waals surface area contributed by atoms with Gasteiger partial charge in [-0.2, -0.15) is 0 Å². The molecule has 2 heteroatoms. The molecule has 13 rings (SSSR count). The Hall–Kier alpha value is -8.72. The number of fused-ring (bicyclic) bond motifs is 11. The minimum absolute atomic E-state index is 0.433. The number of nitrogens with zero attached hydrogens (tertiary/aromatic N) is 2. The van der Waals surface area contributed by atoms with Crippen molar-refractivity contribution in [1.29, 1.82) is 0 Å². The highest BCUT2D eigenvalue weighted by Gasteiger charge is 2.51. The molecule has 2 aliphatic rings. The second kappa shape index (κ2) is 15.8. The van der Waals surface area contributed by atoms with Crippen LogP contribution in [0.4, 0.5) is 34.1 Å². The third-order valence-electron chi connectivity index (χ3n) is 14.1. The predicted octanol–water partition coefficient (Wildman–Crippen LogP) is 17.5. The van der Waals surface area contributed by atoms with Crippen LogP contribution >= 0.6 is 0 Å². The maximum absolute atomic E-state index is 2.47. The molecule has 0 amide bonds. The van der Waals surface area contributed by atoms with Crippen LogP contribution in [0.15, 0.2) is 267 Å². The van der Waals surface area contributed by atoms with Crippen LogP contribution in [0.2, 0.25) is 0 Å². The van der Waals surface area contributed by atoms with Gasteiger partial charge in [-0.25, -0.2) is 0 Å². The predicted molar refractivity (Wildman–Crippen MR) is 280 cm³/mol. The third-order valence-corrected chi connectivity index (χ3v) is 14.1. The number of hydrogen-bond donors (Lipinski definition) is 0. The van der Waals surface area contributed by atoms with Gasteiger partial charge < -0.3 is 9.80 Å². The van der Waals surface area contributed by atoms with Gasteiger partial charge in [0, 0.05) is 33.8 Å². The molecule has 2 nitrogen and oxygen atoms in total. The van der Waals surface area contributed by atoms with E-state index >= 15 is 0 Å². The van der Waals surface area contributed by atoms with Crippen molar-refractivity contribution in [3.8, 4) is 44.5 Å². The highest BCUT2D eigenvalue weighted by molar-refractivity contribution is 5.99. The Balaban J connectivity index is 0.918. The lowest BCUT2D eigenvalue weighted by Crippen LogP contribution is -2.26. The fraction of sp³-hybridized carbons (Fsp3) is 0.0154. The van der Waals surface area contributed by atoms with Gasteiger partial charge in [0.25, 0.3) is 0 Å². The molecule has 314 valence electrons. The zero-order chi connectivity index (χ0) is 44.3. The van der Waals surface area contributed by atoms with E-state index in [2.05, 4.69) is 277 Å².